The van der Waals surface area contributed by atoms with Crippen molar-refractivity contribution in [3.63, 3.8) is 0 Å². The summed E-state index contributed by atoms with van der Waals surface area (Å²) in [7, 11) is -4.04. The predicted octanol–water partition coefficient (Wildman–Crippen LogP) is 6.30. The molecular weight excluding hydrogens is 561 g/mol. The molecular formula is C29H37ClFNO7S. The van der Waals surface area contributed by atoms with E-state index in [-0.39, 0.29) is 19.4 Å². The Kier molecular flexibility index (Phi) is 11.7. The average molecular weight is 598 g/mol. The first-order valence-electron chi connectivity index (χ1n) is 12.8. The number of allylic oxidation sites excluding steroid dienone is 1. The predicted molar refractivity (Wildman–Crippen MR) is 154 cm³/mol. The molecule has 0 aromatic heterocycles. The molecule has 1 amide bonds. The molecule has 8 nitrogen and oxygen atoms in total. The fraction of sp³-hybridized carbons (Fsp3) is 0.448. The number of carbonyl (C=O) groups is 2. The fourth-order valence-corrected chi connectivity index (χ4v) is 4.72. The molecule has 2 atom stereocenters. The Bertz CT molecular complexity index is 1340. The Morgan fingerprint density at radius 1 is 1.12 bits per heavy atom. The first-order chi connectivity index (χ1) is 18.5. The van der Waals surface area contributed by atoms with Gasteiger partial charge in [-0.05, 0) is 87.1 Å². The van der Waals surface area contributed by atoms with Gasteiger partial charge in [0.15, 0.2) is 6.10 Å². The second kappa shape index (κ2) is 14.1. The highest BCUT2D eigenvalue weighted by molar-refractivity contribution is 7.86. The van der Waals surface area contributed by atoms with Crippen LogP contribution in [0.5, 0.6) is 0 Å². The number of amides is 1. The van der Waals surface area contributed by atoms with Crippen LogP contribution in [0.15, 0.2) is 43.0 Å². The fourth-order valence-electron chi connectivity index (χ4n) is 3.97. The number of alkyl carbamates (subject to hydrolysis) is 1. The summed E-state index contributed by atoms with van der Waals surface area (Å²) in [5.41, 5.74) is 2.28. The van der Waals surface area contributed by atoms with Crippen LogP contribution >= 0.6 is 11.6 Å². The van der Waals surface area contributed by atoms with Gasteiger partial charge in [-0.15, -0.1) is 0 Å². The minimum Gasteiger partial charge on any atom is -0.464 e. The van der Waals surface area contributed by atoms with E-state index in [1.807, 2.05) is 6.92 Å². The summed E-state index contributed by atoms with van der Waals surface area (Å²) in [6.45, 7) is 12.8. The number of hydrogen-bond acceptors (Lipinski definition) is 7. The second-order valence-corrected chi connectivity index (χ2v) is 12.3. The van der Waals surface area contributed by atoms with Crippen molar-refractivity contribution in [1.82, 2.24) is 5.32 Å². The lowest BCUT2D eigenvalue weighted by Gasteiger charge is -2.26. The van der Waals surface area contributed by atoms with E-state index in [1.165, 1.54) is 18.2 Å². The van der Waals surface area contributed by atoms with E-state index < -0.39 is 45.7 Å². The van der Waals surface area contributed by atoms with Crippen molar-refractivity contribution in [2.45, 2.75) is 71.6 Å². The third kappa shape index (κ3) is 10.6. The van der Waals surface area contributed by atoms with Crippen LogP contribution in [0.1, 0.15) is 58.6 Å². The molecule has 2 aromatic carbocycles. The SMILES string of the molecule is C=C(CC)c1cc(-c2cc(Cl)ccc2F)ccc1CC(CC(OS(C)(=O)=O)C(=O)OCC)NC(=O)OC(C)(C)C. The largest absolute Gasteiger partial charge is 0.464 e. The van der Waals surface area contributed by atoms with Gasteiger partial charge in [-0.2, -0.15) is 8.42 Å². The Balaban J connectivity index is 2.54. The van der Waals surface area contributed by atoms with Gasteiger partial charge in [0.25, 0.3) is 10.1 Å². The lowest BCUT2D eigenvalue weighted by molar-refractivity contribution is -0.151. The highest BCUT2D eigenvalue weighted by Crippen LogP contribution is 2.32. The maximum absolute atomic E-state index is 14.6. The van der Waals surface area contributed by atoms with Crippen LogP contribution in [0.2, 0.25) is 5.02 Å². The number of halogens is 2. The molecule has 1 N–H and O–H groups in total. The monoisotopic (exact) mass is 597 g/mol. The van der Waals surface area contributed by atoms with Gasteiger partial charge in [0.2, 0.25) is 0 Å². The van der Waals surface area contributed by atoms with Gasteiger partial charge in [0.05, 0.1) is 12.9 Å². The summed E-state index contributed by atoms with van der Waals surface area (Å²) in [4.78, 5) is 25.3. The van der Waals surface area contributed by atoms with Crippen LogP contribution in [0.25, 0.3) is 16.7 Å². The minimum absolute atomic E-state index is 0.00854. The molecule has 0 saturated carbocycles. The molecule has 0 spiro atoms. The van der Waals surface area contributed by atoms with Crippen molar-refractivity contribution in [2.24, 2.45) is 0 Å². The normalized spacial score (nSPS) is 13.3. The first kappa shape index (κ1) is 33.3. The molecule has 220 valence electrons. The molecule has 0 aliphatic heterocycles. The summed E-state index contributed by atoms with van der Waals surface area (Å²) in [5.74, 6) is -1.32. The van der Waals surface area contributed by atoms with Crippen molar-refractivity contribution in [1.29, 1.82) is 0 Å². The zero-order valence-corrected chi connectivity index (χ0v) is 25.2. The first-order valence-corrected chi connectivity index (χ1v) is 15.0. The van der Waals surface area contributed by atoms with Gasteiger partial charge in [0, 0.05) is 23.0 Å². The number of esters is 1. The molecule has 11 heteroatoms. The highest BCUT2D eigenvalue weighted by Gasteiger charge is 2.31. The van der Waals surface area contributed by atoms with Crippen LogP contribution in [0.4, 0.5) is 9.18 Å². The molecule has 0 aliphatic carbocycles. The van der Waals surface area contributed by atoms with Crippen LogP contribution in [-0.2, 0) is 35.0 Å². The Morgan fingerprint density at radius 2 is 1.80 bits per heavy atom. The van der Waals surface area contributed by atoms with Crippen molar-refractivity contribution < 1.29 is 36.1 Å². The second-order valence-electron chi connectivity index (χ2n) is 10.3. The van der Waals surface area contributed by atoms with E-state index in [2.05, 4.69) is 11.9 Å². The van der Waals surface area contributed by atoms with Crippen molar-refractivity contribution in [3.8, 4) is 11.1 Å². The molecule has 0 aliphatic rings. The number of ether oxygens (including phenoxy) is 2. The topological polar surface area (TPSA) is 108 Å². The Morgan fingerprint density at radius 3 is 2.38 bits per heavy atom. The zero-order chi connectivity index (χ0) is 30.3. The highest BCUT2D eigenvalue weighted by atomic mass is 35.5. The molecule has 0 bridgehead atoms. The number of nitrogens with one attached hydrogen (secondary N) is 1. The van der Waals surface area contributed by atoms with Crippen LogP contribution in [0.3, 0.4) is 0 Å². The van der Waals surface area contributed by atoms with Gasteiger partial charge in [-0.25, -0.2) is 14.0 Å². The molecule has 0 radical (unpaired) electrons. The lowest BCUT2D eigenvalue weighted by Crippen LogP contribution is -2.44. The van der Waals surface area contributed by atoms with Gasteiger partial charge >= 0.3 is 12.1 Å². The molecule has 0 fully saturated rings. The van der Waals surface area contributed by atoms with E-state index in [0.717, 1.165) is 17.4 Å². The summed E-state index contributed by atoms with van der Waals surface area (Å²) >= 11 is 6.10. The molecule has 2 rings (SSSR count). The summed E-state index contributed by atoms with van der Waals surface area (Å²) in [6.07, 6.45) is -0.933. The van der Waals surface area contributed by atoms with Crippen LogP contribution in [0, 0.1) is 5.82 Å². The summed E-state index contributed by atoms with van der Waals surface area (Å²) in [5, 5.41) is 3.11. The summed E-state index contributed by atoms with van der Waals surface area (Å²) in [6, 6.07) is 8.75. The molecule has 2 unspecified atom stereocenters. The minimum atomic E-state index is -4.04. The summed E-state index contributed by atoms with van der Waals surface area (Å²) < 4.78 is 53.9. The van der Waals surface area contributed by atoms with Gasteiger partial charge < -0.3 is 14.8 Å². The van der Waals surface area contributed by atoms with Crippen LogP contribution in [-0.4, -0.2) is 51.1 Å². The van der Waals surface area contributed by atoms with Crippen molar-refractivity contribution in [3.05, 3.63) is 64.9 Å². The van der Waals surface area contributed by atoms with E-state index in [4.69, 9.17) is 25.3 Å². The third-order valence-corrected chi connectivity index (χ3v) is 6.50. The molecule has 0 heterocycles. The maximum Gasteiger partial charge on any atom is 0.407 e. The number of carbonyl (C=O) groups excluding carboxylic acids is 2. The molecule has 2 aromatic rings. The van der Waals surface area contributed by atoms with Gasteiger partial charge in [-0.1, -0.05) is 37.2 Å². The number of benzene rings is 2. The van der Waals surface area contributed by atoms with E-state index in [9.17, 15) is 22.4 Å². The lowest BCUT2D eigenvalue weighted by atomic mass is 9.89. The van der Waals surface area contributed by atoms with E-state index in [0.29, 0.717) is 28.1 Å². The third-order valence-electron chi connectivity index (χ3n) is 5.68. The van der Waals surface area contributed by atoms with Gasteiger partial charge in [-0.3, -0.25) is 4.18 Å². The quantitative estimate of drug-likeness (QED) is 0.226. The zero-order valence-electron chi connectivity index (χ0n) is 23.7. The maximum atomic E-state index is 14.6. The average Bonchev–Trinajstić information content (AvgIpc) is 2.83. The smallest absolute Gasteiger partial charge is 0.407 e. The van der Waals surface area contributed by atoms with Crippen molar-refractivity contribution >= 4 is 39.4 Å². The van der Waals surface area contributed by atoms with Crippen molar-refractivity contribution in [2.75, 3.05) is 12.9 Å². The number of rotatable bonds is 12. The van der Waals surface area contributed by atoms with Gasteiger partial charge in [0.1, 0.15) is 11.4 Å². The molecule has 0 saturated heterocycles. The van der Waals surface area contributed by atoms with E-state index in [1.54, 1.807) is 45.9 Å². The Labute approximate surface area is 241 Å². The van der Waals surface area contributed by atoms with E-state index >= 15 is 0 Å². The number of hydrogen-bond donors (Lipinski definition) is 1. The Hall–Kier alpha value is -2.95. The molecule has 40 heavy (non-hydrogen) atoms. The van der Waals surface area contributed by atoms with Crippen LogP contribution < -0.4 is 5.32 Å². The standard InChI is InChI=1S/C29H37ClFNO7S/c1-8-18(3)23-15-20(24-16-21(30)12-13-25(24)31)11-10-19(23)14-22(32-28(34)38-29(4,5)6)17-26(27(33)37-9-2)39-40(7,35)36/h10-13,15-16,22,26H,3,8-9,14,17H2,1-2,4-7H3,(H,32,34).